The molecule has 108 valence electrons. The SMILES string of the molecule is COCc1ccc(C(=O)N(CC(N)=O)CC(=O)O)cc1. The van der Waals surface area contributed by atoms with E-state index in [1.165, 1.54) is 0 Å². The third kappa shape index (κ3) is 4.69. The van der Waals surface area contributed by atoms with Crippen LogP contribution < -0.4 is 5.73 Å². The quantitative estimate of drug-likeness (QED) is 0.721. The monoisotopic (exact) mass is 280 g/mol. The van der Waals surface area contributed by atoms with Crippen molar-refractivity contribution >= 4 is 17.8 Å². The van der Waals surface area contributed by atoms with Crippen LogP contribution in [0.4, 0.5) is 0 Å². The fourth-order valence-electron chi connectivity index (χ4n) is 1.64. The van der Waals surface area contributed by atoms with Crippen LogP contribution in [0, 0.1) is 0 Å². The highest BCUT2D eigenvalue weighted by Gasteiger charge is 2.20. The van der Waals surface area contributed by atoms with E-state index in [9.17, 15) is 14.4 Å². The third-order valence-electron chi connectivity index (χ3n) is 2.47. The molecule has 0 unspecified atom stereocenters. The Labute approximate surface area is 115 Å². The van der Waals surface area contributed by atoms with Crippen LogP contribution >= 0.6 is 0 Å². The second kappa shape index (κ2) is 7.25. The molecule has 0 aromatic heterocycles. The van der Waals surface area contributed by atoms with Gasteiger partial charge in [0.1, 0.15) is 13.1 Å². The minimum absolute atomic E-state index is 0.285. The Morgan fingerprint density at radius 3 is 2.25 bits per heavy atom. The number of aliphatic carboxylic acids is 1. The van der Waals surface area contributed by atoms with Crippen LogP contribution in [0.25, 0.3) is 0 Å². The summed E-state index contributed by atoms with van der Waals surface area (Å²) in [5, 5.41) is 8.74. The molecular weight excluding hydrogens is 264 g/mol. The molecule has 0 fully saturated rings. The number of carbonyl (C=O) groups is 3. The van der Waals surface area contributed by atoms with Gasteiger partial charge in [0.2, 0.25) is 5.91 Å². The van der Waals surface area contributed by atoms with Crippen molar-refractivity contribution in [1.82, 2.24) is 4.90 Å². The highest BCUT2D eigenvalue weighted by atomic mass is 16.5. The molecule has 0 saturated heterocycles. The van der Waals surface area contributed by atoms with Crippen LogP contribution in [0.1, 0.15) is 15.9 Å². The summed E-state index contributed by atoms with van der Waals surface area (Å²) in [6, 6.07) is 6.49. The normalized spacial score (nSPS) is 10.1. The van der Waals surface area contributed by atoms with E-state index in [0.717, 1.165) is 10.5 Å². The maximum atomic E-state index is 12.1. The number of methoxy groups -OCH3 is 1. The molecule has 0 atom stereocenters. The van der Waals surface area contributed by atoms with Crippen LogP contribution in [0.15, 0.2) is 24.3 Å². The third-order valence-corrected chi connectivity index (χ3v) is 2.47. The molecule has 1 aromatic carbocycles. The molecule has 0 spiro atoms. The van der Waals surface area contributed by atoms with E-state index in [2.05, 4.69) is 0 Å². The van der Waals surface area contributed by atoms with Crippen LogP contribution in [-0.4, -0.2) is 48.0 Å². The fourth-order valence-corrected chi connectivity index (χ4v) is 1.64. The molecule has 0 aliphatic heterocycles. The van der Waals surface area contributed by atoms with Gasteiger partial charge in [-0.1, -0.05) is 12.1 Å². The van der Waals surface area contributed by atoms with E-state index >= 15 is 0 Å². The summed E-state index contributed by atoms with van der Waals surface area (Å²) in [6.07, 6.45) is 0. The number of nitrogens with two attached hydrogens (primary N) is 1. The van der Waals surface area contributed by atoms with Gasteiger partial charge in [-0.3, -0.25) is 14.4 Å². The number of carboxylic acid groups (broad SMARTS) is 1. The standard InChI is InChI=1S/C13H16N2O5/c1-20-8-9-2-4-10(5-3-9)13(19)15(6-11(14)16)7-12(17)18/h2-5H,6-8H2,1H3,(H2,14,16)(H,17,18). The van der Waals surface area contributed by atoms with Gasteiger partial charge in [0.25, 0.3) is 5.91 Å². The Morgan fingerprint density at radius 2 is 1.80 bits per heavy atom. The lowest BCUT2D eigenvalue weighted by molar-refractivity contribution is -0.138. The molecular formula is C13H16N2O5. The fraction of sp³-hybridized carbons (Fsp3) is 0.308. The van der Waals surface area contributed by atoms with E-state index in [4.69, 9.17) is 15.6 Å². The molecule has 1 aromatic rings. The number of carboxylic acids is 1. The number of primary amides is 1. The second-order valence-electron chi connectivity index (χ2n) is 4.15. The van der Waals surface area contributed by atoms with Crippen molar-refractivity contribution in [2.24, 2.45) is 5.73 Å². The summed E-state index contributed by atoms with van der Waals surface area (Å²) in [6.45, 7) is -0.610. The number of nitrogens with zero attached hydrogens (tertiary/aromatic N) is 1. The van der Waals surface area contributed by atoms with Crippen LogP contribution in [0.3, 0.4) is 0 Å². The molecule has 1 rings (SSSR count). The first-order valence-electron chi connectivity index (χ1n) is 5.81. The molecule has 7 nitrogen and oxygen atoms in total. The topological polar surface area (TPSA) is 110 Å². The first-order valence-corrected chi connectivity index (χ1v) is 5.81. The van der Waals surface area contributed by atoms with Gasteiger partial charge < -0.3 is 20.5 Å². The van der Waals surface area contributed by atoms with Gasteiger partial charge in [-0.05, 0) is 17.7 Å². The predicted octanol–water partition coefficient (Wildman–Crippen LogP) is -0.155. The lowest BCUT2D eigenvalue weighted by atomic mass is 10.1. The Morgan fingerprint density at radius 1 is 1.20 bits per heavy atom. The lowest BCUT2D eigenvalue weighted by Gasteiger charge is -2.19. The van der Waals surface area contributed by atoms with Crippen molar-refractivity contribution in [2.75, 3.05) is 20.2 Å². The summed E-state index contributed by atoms with van der Waals surface area (Å²) in [5.41, 5.74) is 6.17. The van der Waals surface area contributed by atoms with Gasteiger partial charge in [0.05, 0.1) is 6.61 Å². The Kier molecular flexibility index (Phi) is 5.67. The second-order valence-corrected chi connectivity index (χ2v) is 4.15. The smallest absolute Gasteiger partial charge is 0.323 e. The highest BCUT2D eigenvalue weighted by molar-refractivity contribution is 5.97. The maximum absolute atomic E-state index is 12.1. The molecule has 7 heteroatoms. The molecule has 0 radical (unpaired) electrons. The zero-order valence-corrected chi connectivity index (χ0v) is 11.0. The van der Waals surface area contributed by atoms with Crippen molar-refractivity contribution in [3.05, 3.63) is 35.4 Å². The van der Waals surface area contributed by atoms with Crippen LogP contribution in [-0.2, 0) is 20.9 Å². The number of amides is 2. The number of carbonyl (C=O) groups excluding carboxylic acids is 2. The molecule has 0 heterocycles. The van der Waals surface area contributed by atoms with Gasteiger partial charge in [-0.15, -0.1) is 0 Å². The number of ether oxygens (including phenoxy) is 1. The van der Waals surface area contributed by atoms with Gasteiger partial charge in [-0.2, -0.15) is 0 Å². The molecule has 0 saturated carbocycles. The van der Waals surface area contributed by atoms with E-state index in [-0.39, 0.29) is 5.56 Å². The first kappa shape index (κ1) is 15.6. The highest BCUT2D eigenvalue weighted by Crippen LogP contribution is 2.08. The van der Waals surface area contributed by atoms with Crippen molar-refractivity contribution in [3.63, 3.8) is 0 Å². The summed E-state index contributed by atoms with van der Waals surface area (Å²) < 4.78 is 4.95. The van der Waals surface area contributed by atoms with Gasteiger partial charge in [-0.25, -0.2) is 0 Å². The number of rotatable bonds is 7. The molecule has 20 heavy (non-hydrogen) atoms. The summed E-state index contributed by atoms with van der Waals surface area (Å²) >= 11 is 0. The zero-order chi connectivity index (χ0) is 15.1. The zero-order valence-electron chi connectivity index (χ0n) is 11.0. The first-order chi connectivity index (χ1) is 9.43. The van der Waals surface area contributed by atoms with E-state index in [0.29, 0.717) is 6.61 Å². The molecule has 3 N–H and O–H groups in total. The largest absolute Gasteiger partial charge is 0.480 e. The Balaban J connectivity index is 2.87. The van der Waals surface area contributed by atoms with E-state index in [1.54, 1.807) is 31.4 Å². The predicted molar refractivity (Wildman–Crippen MR) is 69.9 cm³/mol. The van der Waals surface area contributed by atoms with Crippen molar-refractivity contribution in [3.8, 4) is 0 Å². The van der Waals surface area contributed by atoms with Gasteiger partial charge >= 0.3 is 5.97 Å². The van der Waals surface area contributed by atoms with Crippen molar-refractivity contribution in [1.29, 1.82) is 0 Å². The minimum Gasteiger partial charge on any atom is -0.480 e. The summed E-state index contributed by atoms with van der Waals surface area (Å²) in [5.74, 6) is -2.54. The number of hydrogen-bond acceptors (Lipinski definition) is 4. The number of benzene rings is 1. The molecule has 0 aliphatic carbocycles. The summed E-state index contributed by atoms with van der Waals surface area (Å²) in [4.78, 5) is 34.6. The molecule has 0 aliphatic rings. The minimum atomic E-state index is -1.21. The van der Waals surface area contributed by atoms with E-state index in [1.807, 2.05) is 0 Å². The van der Waals surface area contributed by atoms with Crippen LogP contribution in [0.2, 0.25) is 0 Å². The average Bonchev–Trinajstić information content (AvgIpc) is 2.37. The maximum Gasteiger partial charge on any atom is 0.323 e. The number of hydrogen-bond donors (Lipinski definition) is 2. The van der Waals surface area contributed by atoms with Gasteiger partial charge in [0, 0.05) is 12.7 Å². The Hall–Kier alpha value is -2.41. The average molecular weight is 280 g/mol. The van der Waals surface area contributed by atoms with Crippen LogP contribution in [0.5, 0.6) is 0 Å². The molecule has 0 bridgehead atoms. The van der Waals surface area contributed by atoms with Gasteiger partial charge in [0.15, 0.2) is 0 Å². The van der Waals surface area contributed by atoms with E-state index < -0.39 is 30.9 Å². The van der Waals surface area contributed by atoms with Crippen molar-refractivity contribution in [2.45, 2.75) is 6.61 Å². The van der Waals surface area contributed by atoms with Crippen molar-refractivity contribution < 1.29 is 24.2 Å². The summed E-state index contributed by atoms with van der Waals surface area (Å²) in [7, 11) is 1.56. The lowest BCUT2D eigenvalue weighted by Crippen LogP contribution is -2.41. The molecule has 2 amide bonds. The Bertz CT molecular complexity index is 482.